The summed E-state index contributed by atoms with van der Waals surface area (Å²) in [6.45, 7) is 2.23. The van der Waals surface area contributed by atoms with Gasteiger partial charge in [-0.2, -0.15) is 0 Å². The summed E-state index contributed by atoms with van der Waals surface area (Å²) in [4.78, 5) is 27.7. The number of pyridine rings is 1. The number of nitrogens with one attached hydrogen (secondary N) is 1. The van der Waals surface area contributed by atoms with E-state index in [1.165, 1.54) is 53.2 Å². The summed E-state index contributed by atoms with van der Waals surface area (Å²) < 4.78 is 1.05. The number of para-hydroxylation sites is 1. The minimum Gasteiger partial charge on any atom is -0.325 e. The molecular weight excluding hydrogens is 424 g/mol. The van der Waals surface area contributed by atoms with Crippen LogP contribution < -0.4 is 5.32 Å². The highest BCUT2D eigenvalue weighted by molar-refractivity contribution is 8.00. The van der Waals surface area contributed by atoms with Crippen molar-refractivity contribution in [2.45, 2.75) is 50.5 Å². The maximum Gasteiger partial charge on any atom is 0.234 e. The number of fused-ring (bicyclic) bond motifs is 5. The number of unbranched alkanes of at least 4 members (excludes halogenated alkanes) is 1. The van der Waals surface area contributed by atoms with E-state index in [0.29, 0.717) is 5.75 Å². The Kier molecular flexibility index (Phi) is 5.87. The number of thioether (sulfide) groups is 1. The first-order valence-electron chi connectivity index (χ1n) is 10.8. The molecule has 158 valence electrons. The first-order chi connectivity index (χ1) is 15.2. The van der Waals surface area contributed by atoms with Crippen molar-refractivity contribution in [3.05, 3.63) is 53.5 Å². The molecule has 0 aliphatic heterocycles. The highest BCUT2D eigenvalue weighted by Crippen LogP contribution is 2.42. The van der Waals surface area contributed by atoms with E-state index in [9.17, 15) is 4.79 Å². The molecule has 4 aromatic rings. The summed E-state index contributed by atoms with van der Waals surface area (Å²) in [7, 11) is 0. The fourth-order valence-corrected chi connectivity index (χ4v) is 6.32. The van der Waals surface area contributed by atoms with Crippen LogP contribution in [0.1, 0.15) is 43.0 Å². The molecule has 0 bridgehead atoms. The molecule has 31 heavy (non-hydrogen) atoms. The van der Waals surface area contributed by atoms with Gasteiger partial charge in [0.25, 0.3) is 0 Å². The number of anilines is 1. The Morgan fingerprint density at radius 2 is 2.00 bits per heavy atom. The lowest BCUT2D eigenvalue weighted by atomic mass is 10.0. The number of hydrogen-bond acceptors (Lipinski definition) is 6. The van der Waals surface area contributed by atoms with Gasteiger partial charge in [-0.25, -0.2) is 15.0 Å². The molecule has 5 rings (SSSR count). The number of thiophene rings is 1. The summed E-state index contributed by atoms with van der Waals surface area (Å²) in [5, 5.41) is 5.01. The maximum absolute atomic E-state index is 12.4. The summed E-state index contributed by atoms with van der Waals surface area (Å²) in [5.41, 5.74) is 5.98. The monoisotopic (exact) mass is 448 g/mol. The van der Waals surface area contributed by atoms with Crippen molar-refractivity contribution in [1.29, 1.82) is 0 Å². The Hall–Kier alpha value is -2.51. The second kappa shape index (κ2) is 8.93. The van der Waals surface area contributed by atoms with Gasteiger partial charge >= 0.3 is 0 Å². The van der Waals surface area contributed by atoms with Gasteiger partial charge in [0.1, 0.15) is 16.2 Å². The van der Waals surface area contributed by atoms with Gasteiger partial charge in [0.15, 0.2) is 0 Å². The SMILES string of the molecule is CCCCc1nc2sc3c(SCC(=O)Nc4ccccc4)ncnc3c2c2c1CCC2. The molecule has 1 aromatic carbocycles. The van der Waals surface area contributed by atoms with Crippen molar-refractivity contribution in [3.63, 3.8) is 0 Å². The molecule has 0 atom stereocenters. The van der Waals surface area contributed by atoms with Crippen LogP contribution in [0.25, 0.3) is 20.4 Å². The average molecular weight is 449 g/mol. The summed E-state index contributed by atoms with van der Waals surface area (Å²) >= 11 is 3.13. The fourth-order valence-electron chi connectivity index (χ4n) is 4.26. The van der Waals surface area contributed by atoms with Crippen LogP contribution in [0.4, 0.5) is 5.69 Å². The van der Waals surface area contributed by atoms with E-state index in [1.54, 1.807) is 17.7 Å². The number of amides is 1. The molecule has 0 unspecified atom stereocenters. The average Bonchev–Trinajstić information content (AvgIpc) is 3.41. The predicted octanol–water partition coefficient (Wildman–Crippen LogP) is 5.80. The molecule has 3 heterocycles. The lowest BCUT2D eigenvalue weighted by Gasteiger charge is -2.08. The van der Waals surface area contributed by atoms with E-state index in [2.05, 4.69) is 22.2 Å². The molecule has 5 nitrogen and oxygen atoms in total. The molecule has 1 aliphatic carbocycles. The third kappa shape index (κ3) is 4.04. The van der Waals surface area contributed by atoms with E-state index in [1.807, 2.05) is 30.3 Å². The number of carbonyl (C=O) groups excluding carboxylic acids is 1. The number of aryl methyl sites for hydroxylation is 2. The Morgan fingerprint density at radius 1 is 1.16 bits per heavy atom. The van der Waals surface area contributed by atoms with Crippen LogP contribution in [0.3, 0.4) is 0 Å². The normalized spacial score (nSPS) is 13.1. The first-order valence-corrected chi connectivity index (χ1v) is 12.6. The Morgan fingerprint density at radius 3 is 2.84 bits per heavy atom. The third-order valence-electron chi connectivity index (χ3n) is 5.69. The van der Waals surface area contributed by atoms with E-state index in [4.69, 9.17) is 4.98 Å². The van der Waals surface area contributed by atoms with Gasteiger partial charge in [-0.3, -0.25) is 4.79 Å². The zero-order chi connectivity index (χ0) is 21.2. The molecule has 1 N–H and O–H groups in total. The third-order valence-corrected chi connectivity index (χ3v) is 7.89. The van der Waals surface area contributed by atoms with Gasteiger partial charge in [-0.05, 0) is 55.4 Å². The van der Waals surface area contributed by atoms with Crippen LogP contribution >= 0.6 is 23.1 Å². The van der Waals surface area contributed by atoms with Crippen molar-refractivity contribution in [1.82, 2.24) is 15.0 Å². The van der Waals surface area contributed by atoms with Gasteiger partial charge in [-0.15, -0.1) is 11.3 Å². The molecule has 0 saturated heterocycles. The van der Waals surface area contributed by atoms with Gasteiger partial charge in [0, 0.05) is 16.8 Å². The number of hydrogen-bond donors (Lipinski definition) is 1. The molecule has 1 amide bonds. The lowest BCUT2D eigenvalue weighted by molar-refractivity contribution is -0.113. The topological polar surface area (TPSA) is 67.8 Å². The zero-order valence-corrected chi connectivity index (χ0v) is 19.1. The highest BCUT2D eigenvalue weighted by Gasteiger charge is 2.24. The van der Waals surface area contributed by atoms with Crippen molar-refractivity contribution in [3.8, 4) is 0 Å². The van der Waals surface area contributed by atoms with Gasteiger partial charge in [0.05, 0.1) is 16.0 Å². The summed E-state index contributed by atoms with van der Waals surface area (Å²) in [6.07, 6.45) is 8.45. The Labute approximate surface area is 189 Å². The van der Waals surface area contributed by atoms with Crippen molar-refractivity contribution in [2.75, 3.05) is 11.1 Å². The smallest absolute Gasteiger partial charge is 0.234 e. The molecule has 0 spiro atoms. The largest absolute Gasteiger partial charge is 0.325 e. The van der Waals surface area contributed by atoms with Crippen LogP contribution in [-0.2, 0) is 24.1 Å². The number of carbonyl (C=O) groups is 1. The minimum atomic E-state index is -0.0371. The molecule has 0 saturated carbocycles. The molecule has 7 heteroatoms. The van der Waals surface area contributed by atoms with Gasteiger partial charge in [-0.1, -0.05) is 43.3 Å². The van der Waals surface area contributed by atoms with E-state index >= 15 is 0 Å². The summed E-state index contributed by atoms with van der Waals surface area (Å²) in [6, 6.07) is 9.53. The second-order valence-corrected chi connectivity index (χ2v) is 9.78. The second-order valence-electron chi connectivity index (χ2n) is 7.81. The van der Waals surface area contributed by atoms with Crippen molar-refractivity contribution >= 4 is 55.1 Å². The maximum atomic E-state index is 12.4. The van der Waals surface area contributed by atoms with Crippen LogP contribution in [0.15, 0.2) is 41.7 Å². The number of aromatic nitrogens is 3. The van der Waals surface area contributed by atoms with Crippen molar-refractivity contribution < 1.29 is 4.79 Å². The molecule has 0 radical (unpaired) electrons. The Bertz CT molecular complexity index is 1250. The number of benzene rings is 1. The Balaban J connectivity index is 1.46. The fraction of sp³-hybridized carbons (Fsp3) is 0.333. The highest BCUT2D eigenvalue weighted by atomic mass is 32.2. The number of nitrogens with zero attached hydrogens (tertiary/aromatic N) is 3. The minimum absolute atomic E-state index is 0.0371. The van der Waals surface area contributed by atoms with E-state index < -0.39 is 0 Å². The molecular formula is C24H24N4OS2. The first kappa shape index (κ1) is 20.4. The van der Waals surface area contributed by atoms with E-state index in [-0.39, 0.29) is 5.91 Å². The zero-order valence-electron chi connectivity index (χ0n) is 17.5. The predicted molar refractivity (Wildman–Crippen MR) is 129 cm³/mol. The van der Waals surface area contributed by atoms with Crippen LogP contribution in [0, 0.1) is 0 Å². The number of rotatable bonds is 7. The van der Waals surface area contributed by atoms with Crippen LogP contribution in [0.5, 0.6) is 0 Å². The molecule has 1 aliphatic rings. The molecule has 3 aromatic heterocycles. The van der Waals surface area contributed by atoms with Crippen LogP contribution in [0.2, 0.25) is 0 Å². The lowest BCUT2D eigenvalue weighted by Crippen LogP contribution is -2.13. The molecule has 0 fully saturated rings. The summed E-state index contributed by atoms with van der Waals surface area (Å²) in [5.74, 6) is 0.271. The van der Waals surface area contributed by atoms with Gasteiger partial charge < -0.3 is 5.32 Å². The van der Waals surface area contributed by atoms with Gasteiger partial charge in [0.2, 0.25) is 5.91 Å². The van der Waals surface area contributed by atoms with E-state index in [0.717, 1.165) is 45.0 Å². The van der Waals surface area contributed by atoms with Crippen molar-refractivity contribution in [2.24, 2.45) is 0 Å². The standard InChI is InChI=1S/C24H24N4OS2/c1-2-3-12-18-16-10-7-11-17(16)20-21-22(31-23(20)28-18)24(26-14-25-21)30-13-19(29)27-15-8-5-4-6-9-15/h4-6,8-9,14H,2-3,7,10-13H2,1H3,(H,27,29). The van der Waals surface area contributed by atoms with Crippen LogP contribution in [-0.4, -0.2) is 26.6 Å². The quantitative estimate of drug-likeness (QED) is 0.286.